The molecule has 0 amide bonds. The summed E-state index contributed by atoms with van der Waals surface area (Å²) in [5.41, 5.74) is 5.69. The molecule has 5 heteroatoms. The molecule has 0 heterocycles. The second kappa shape index (κ2) is 9.30. The maximum atomic E-state index is 11.9. The van der Waals surface area contributed by atoms with Gasteiger partial charge in [-0.15, -0.1) is 0 Å². The third-order valence-electron chi connectivity index (χ3n) is 3.42. The standard InChI is InChI=1S/C13H25NO4/c1-16-6-7-17-8-9-18-13(15)12-5-3-2-4-11(12)10-14/h11-12H,2-10,14H2,1H3. The number of carbonyl (C=O) groups is 1. The van der Waals surface area contributed by atoms with Crippen LogP contribution in [0.15, 0.2) is 0 Å². The molecule has 5 nitrogen and oxygen atoms in total. The van der Waals surface area contributed by atoms with Gasteiger partial charge in [-0.1, -0.05) is 12.8 Å². The molecule has 1 aliphatic carbocycles. The van der Waals surface area contributed by atoms with Crippen LogP contribution in [0.5, 0.6) is 0 Å². The van der Waals surface area contributed by atoms with Crippen molar-refractivity contribution in [3.63, 3.8) is 0 Å². The van der Waals surface area contributed by atoms with Crippen LogP contribution in [0.4, 0.5) is 0 Å². The van der Waals surface area contributed by atoms with Crippen LogP contribution in [0.1, 0.15) is 25.7 Å². The van der Waals surface area contributed by atoms with Gasteiger partial charge in [0.1, 0.15) is 6.61 Å². The van der Waals surface area contributed by atoms with Gasteiger partial charge in [-0.3, -0.25) is 4.79 Å². The van der Waals surface area contributed by atoms with Crippen LogP contribution in [0.25, 0.3) is 0 Å². The Morgan fingerprint density at radius 3 is 2.61 bits per heavy atom. The second-order valence-electron chi connectivity index (χ2n) is 4.66. The third-order valence-corrected chi connectivity index (χ3v) is 3.42. The van der Waals surface area contributed by atoms with Crippen molar-refractivity contribution < 1.29 is 19.0 Å². The monoisotopic (exact) mass is 259 g/mol. The van der Waals surface area contributed by atoms with Gasteiger partial charge in [0, 0.05) is 7.11 Å². The molecular weight excluding hydrogens is 234 g/mol. The summed E-state index contributed by atoms with van der Waals surface area (Å²) in [4.78, 5) is 11.9. The summed E-state index contributed by atoms with van der Waals surface area (Å²) in [6.45, 7) is 2.41. The lowest BCUT2D eigenvalue weighted by atomic mass is 9.79. The zero-order chi connectivity index (χ0) is 13.2. The molecule has 2 atom stereocenters. The first kappa shape index (κ1) is 15.4. The van der Waals surface area contributed by atoms with Gasteiger partial charge in [0.2, 0.25) is 0 Å². The number of esters is 1. The van der Waals surface area contributed by atoms with Crippen LogP contribution in [0, 0.1) is 11.8 Å². The Morgan fingerprint density at radius 2 is 1.89 bits per heavy atom. The van der Waals surface area contributed by atoms with Crippen molar-refractivity contribution in [1.29, 1.82) is 0 Å². The Balaban J connectivity index is 2.14. The fourth-order valence-electron chi connectivity index (χ4n) is 2.35. The minimum absolute atomic E-state index is 0.0114. The average molecular weight is 259 g/mol. The summed E-state index contributed by atoms with van der Waals surface area (Å²) >= 11 is 0. The molecule has 1 aliphatic rings. The molecule has 1 fully saturated rings. The molecule has 0 spiro atoms. The normalized spacial score (nSPS) is 23.9. The molecule has 0 aromatic heterocycles. The highest BCUT2D eigenvalue weighted by Crippen LogP contribution is 2.30. The van der Waals surface area contributed by atoms with E-state index in [1.807, 2.05) is 0 Å². The first-order valence-corrected chi connectivity index (χ1v) is 6.73. The van der Waals surface area contributed by atoms with Gasteiger partial charge in [-0.05, 0) is 25.3 Å². The van der Waals surface area contributed by atoms with Crippen molar-refractivity contribution >= 4 is 5.97 Å². The van der Waals surface area contributed by atoms with Gasteiger partial charge in [0.25, 0.3) is 0 Å². The quantitative estimate of drug-likeness (QED) is 0.519. The molecule has 1 saturated carbocycles. The van der Waals surface area contributed by atoms with E-state index in [1.54, 1.807) is 7.11 Å². The minimum Gasteiger partial charge on any atom is -0.463 e. The van der Waals surface area contributed by atoms with Crippen LogP contribution in [0.3, 0.4) is 0 Å². The zero-order valence-electron chi connectivity index (χ0n) is 11.2. The molecule has 106 valence electrons. The molecule has 2 unspecified atom stereocenters. The number of rotatable bonds is 8. The minimum atomic E-state index is -0.111. The van der Waals surface area contributed by atoms with Gasteiger partial charge in [-0.2, -0.15) is 0 Å². The molecule has 0 saturated heterocycles. The highest BCUT2D eigenvalue weighted by molar-refractivity contribution is 5.72. The molecule has 18 heavy (non-hydrogen) atoms. The van der Waals surface area contributed by atoms with Crippen molar-refractivity contribution in [2.24, 2.45) is 17.6 Å². The summed E-state index contributed by atoms with van der Waals surface area (Å²) in [7, 11) is 1.62. The lowest BCUT2D eigenvalue weighted by Gasteiger charge is -2.28. The van der Waals surface area contributed by atoms with Crippen LogP contribution < -0.4 is 5.73 Å². The fraction of sp³-hybridized carbons (Fsp3) is 0.923. The predicted molar refractivity (Wildman–Crippen MR) is 68.2 cm³/mol. The highest BCUT2D eigenvalue weighted by atomic mass is 16.6. The predicted octanol–water partition coefficient (Wildman–Crippen LogP) is 0.958. The van der Waals surface area contributed by atoms with Gasteiger partial charge in [0.15, 0.2) is 0 Å². The molecule has 0 radical (unpaired) electrons. The van der Waals surface area contributed by atoms with Gasteiger partial charge >= 0.3 is 5.97 Å². The molecule has 0 bridgehead atoms. The Hall–Kier alpha value is -0.650. The zero-order valence-corrected chi connectivity index (χ0v) is 11.2. The summed E-state index contributed by atoms with van der Waals surface area (Å²) in [5.74, 6) is 0.170. The summed E-state index contributed by atoms with van der Waals surface area (Å²) in [6.07, 6.45) is 4.22. The van der Waals surface area contributed by atoms with Crippen LogP contribution in [-0.4, -0.2) is 46.1 Å². The van der Waals surface area contributed by atoms with E-state index >= 15 is 0 Å². The summed E-state index contributed by atoms with van der Waals surface area (Å²) in [6, 6.07) is 0. The number of carbonyl (C=O) groups excluding carboxylic acids is 1. The van der Waals surface area contributed by atoms with E-state index < -0.39 is 0 Å². The molecule has 0 aromatic carbocycles. The number of nitrogens with two attached hydrogens (primary N) is 1. The Morgan fingerprint density at radius 1 is 1.17 bits per heavy atom. The van der Waals surface area contributed by atoms with Gasteiger partial charge in [-0.25, -0.2) is 0 Å². The second-order valence-corrected chi connectivity index (χ2v) is 4.66. The summed E-state index contributed by atoms with van der Waals surface area (Å²) < 4.78 is 15.3. The van der Waals surface area contributed by atoms with E-state index in [0.717, 1.165) is 19.3 Å². The smallest absolute Gasteiger partial charge is 0.309 e. The Kier molecular flexibility index (Phi) is 7.96. The molecule has 2 N–H and O–H groups in total. The van der Waals surface area contributed by atoms with Gasteiger partial charge in [0.05, 0.1) is 25.7 Å². The third kappa shape index (κ3) is 5.33. The Bertz CT molecular complexity index is 235. The SMILES string of the molecule is COCCOCCOC(=O)C1CCCCC1CN. The molecule has 1 rings (SSSR count). The van der Waals surface area contributed by atoms with Gasteiger partial charge < -0.3 is 19.9 Å². The number of hydrogen-bond acceptors (Lipinski definition) is 5. The maximum Gasteiger partial charge on any atom is 0.309 e. The highest BCUT2D eigenvalue weighted by Gasteiger charge is 2.30. The molecule has 0 aliphatic heterocycles. The first-order valence-electron chi connectivity index (χ1n) is 6.73. The summed E-state index contributed by atoms with van der Waals surface area (Å²) in [5, 5.41) is 0. The van der Waals surface area contributed by atoms with Crippen molar-refractivity contribution in [3.05, 3.63) is 0 Å². The van der Waals surface area contributed by atoms with Crippen LogP contribution >= 0.6 is 0 Å². The van der Waals surface area contributed by atoms with E-state index in [-0.39, 0.29) is 11.9 Å². The number of hydrogen-bond donors (Lipinski definition) is 1. The van der Waals surface area contributed by atoms with E-state index in [0.29, 0.717) is 38.9 Å². The first-order chi connectivity index (χ1) is 8.79. The topological polar surface area (TPSA) is 70.8 Å². The van der Waals surface area contributed by atoms with Crippen molar-refractivity contribution in [2.45, 2.75) is 25.7 Å². The Labute approximate surface area is 109 Å². The van der Waals surface area contributed by atoms with E-state index in [1.165, 1.54) is 6.42 Å². The van der Waals surface area contributed by atoms with Crippen molar-refractivity contribution in [2.75, 3.05) is 40.1 Å². The van der Waals surface area contributed by atoms with Crippen molar-refractivity contribution in [3.8, 4) is 0 Å². The van der Waals surface area contributed by atoms with Crippen LogP contribution in [0.2, 0.25) is 0 Å². The fourth-order valence-corrected chi connectivity index (χ4v) is 2.35. The molecule has 0 aromatic rings. The lowest BCUT2D eigenvalue weighted by Crippen LogP contribution is -2.34. The van der Waals surface area contributed by atoms with E-state index in [2.05, 4.69) is 0 Å². The number of ether oxygens (including phenoxy) is 3. The lowest BCUT2D eigenvalue weighted by molar-refractivity contribution is -0.153. The van der Waals surface area contributed by atoms with Crippen molar-refractivity contribution in [1.82, 2.24) is 0 Å². The maximum absolute atomic E-state index is 11.9. The average Bonchev–Trinajstić information content (AvgIpc) is 2.42. The van der Waals surface area contributed by atoms with Crippen LogP contribution in [-0.2, 0) is 19.0 Å². The van der Waals surface area contributed by atoms with E-state index in [9.17, 15) is 4.79 Å². The largest absolute Gasteiger partial charge is 0.463 e. The molecular formula is C13H25NO4. The van der Waals surface area contributed by atoms with E-state index in [4.69, 9.17) is 19.9 Å². The number of methoxy groups -OCH3 is 1.